The lowest BCUT2D eigenvalue weighted by atomic mass is 10.1. The van der Waals surface area contributed by atoms with Crippen LogP contribution < -0.4 is 9.47 Å². The van der Waals surface area contributed by atoms with E-state index in [1.807, 2.05) is 0 Å². The van der Waals surface area contributed by atoms with Gasteiger partial charge in [-0.15, -0.1) is 0 Å². The number of carbonyl (C=O) groups is 1. The average Bonchev–Trinajstić information content (AvgIpc) is 2.97. The van der Waals surface area contributed by atoms with Gasteiger partial charge in [0.25, 0.3) is 0 Å². The van der Waals surface area contributed by atoms with Crippen LogP contribution in [0.2, 0.25) is 0 Å². The minimum absolute atomic E-state index is 0.160. The first kappa shape index (κ1) is 14.1. The number of halogens is 1. The summed E-state index contributed by atoms with van der Waals surface area (Å²) in [6.07, 6.45) is 0. The summed E-state index contributed by atoms with van der Waals surface area (Å²) >= 11 is 0. The number of ketones is 1. The Hall–Kier alpha value is -2.82. The van der Waals surface area contributed by atoms with Gasteiger partial charge in [-0.2, -0.15) is 0 Å². The molecule has 22 heavy (non-hydrogen) atoms. The molecule has 112 valence electrons. The molecule has 0 saturated heterocycles. The number of hydrogen-bond acceptors (Lipinski definition) is 4. The maximum Gasteiger partial charge on any atom is 0.228 e. The lowest BCUT2D eigenvalue weighted by molar-refractivity contribution is 0.101. The monoisotopic (exact) mass is 300 g/mol. The lowest BCUT2D eigenvalue weighted by Gasteiger charge is -2.06. The molecule has 0 aliphatic rings. The number of ether oxygens (including phenoxy) is 2. The molecular weight excluding hydrogens is 287 g/mol. The molecule has 0 aliphatic heterocycles. The van der Waals surface area contributed by atoms with Crippen molar-refractivity contribution in [2.24, 2.45) is 0 Å². The first-order chi connectivity index (χ1) is 10.6. The van der Waals surface area contributed by atoms with Gasteiger partial charge in [-0.05, 0) is 42.5 Å². The first-order valence-corrected chi connectivity index (χ1v) is 6.59. The van der Waals surface area contributed by atoms with Crippen LogP contribution in [0, 0.1) is 5.82 Å². The zero-order valence-electron chi connectivity index (χ0n) is 12.1. The molecule has 3 aromatic rings. The van der Waals surface area contributed by atoms with Crippen LogP contribution in [0.5, 0.6) is 11.5 Å². The van der Waals surface area contributed by atoms with Crippen LogP contribution in [-0.4, -0.2) is 20.0 Å². The van der Waals surface area contributed by atoms with Crippen molar-refractivity contribution < 1.29 is 23.1 Å². The Balaban J connectivity index is 2.08. The summed E-state index contributed by atoms with van der Waals surface area (Å²) in [5.41, 5.74) is 0.790. The Bertz CT molecular complexity index is 834. The second-order valence-electron chi connectivity index (χ2n) is 4.67. The van der Waals surface area contributed by atoms with Gasteiger partial charge in [0.2, 0.25) is 11.5 Å². The fraction of sp³-hybridized carbons (Fsp3) is 0.118. The quantitative estimate of drug-likeness (QED) is 0.687. The maximum atomic E-state index is 12.9. The number of rotatable bonds is 4. The number of methoxy groups -OCH3 is 2. The third kappa shape index (κ3) is 2.30. The maximum absolute atomic E-state index is 12.9. The molecule has 0 atom stereocenters. The third-order valence-electron chi connectivity index (χ3n) is 3.36. The predicted octanol–water partition coefficient (Wildman–Crippen LogP) is 3.82. The zero-order chi connectivity index (χ0) is 15.7. The lowest BCUT2D eigenvalue weighted by Crippen LogP contribution is -1.99. The molecule has 0 amide bonds. The summed E-state index contributed by atoms with van der Waals surface area (Å²) in [7, 11) is 3.03. The van der Waals surface area contributed by atoms with Crippen molar-refractivity contribution >= 4 is 16.8 Å². The van der Waals surface area contributed by atoms with E-state index < -0.39 is 5.82 Å². The molecule has 0 bridgehead atoms. The SMILES string of the molecule is COc1ccc2cc(C(=O)c3ccc(F)cc3)oc2c1OC. The summed E-state index contributed by atoms with van der Waals surface area (Å²) in [4.78, 5) is 12.4. The molecule has 0 radical (unpaired) electrons. The molecular formula is C17H13FO4. The van der Waals surface area contributed by atoms with E-state index in [0.717, 1.165) is 5.39 Å². The highest BCUT2D eigenvalue weighted by atomic mass is 19.1. The molecule has 4 nitrogen and oxygen atoms in total. The molecule has 0 fully saturated rings. The van der Waals surface area contributed by atoms with Gasteiger partial charge in [0.15, 0.2) is 17.1 Å². The highest BCUT2D eigenvalue weighted by Gasteiger charge is 2.19. The van der Waals surface area contributed by atoms with Gasteiger partial charge in [-0.1, -0.05) is 0 Å². The molecule has 0 saturated carbocycles. The van der Waals surface area contributed by atoms with Crippen molar-refractivity contribution in [3.63, 3.8) is 0 Å². The van der Waals surface area contributed by atoms with Crippen LogP contribution >= 0.6 is 0 Å². The Morgan fingerprint density at radius 1 is 1.05 bits per heavy atom. The largest absolute Gasteiger partial charge is 0.493 e. The number of benzene rings is 2. The minimum Gasteiger partial charge on any atom is -0.493 e. The van der Waals surface area contributed by atoms with Crippen molar-refractivity contribution in [2.75, 3.05) is 14.2 Å². The Labute approximate surface area is 126 Å². The van der Waals surface area contributed by atoms with Crippen molar-refractivity contribution in [1.82, 2.24) is 0 Å². The average molecular weight is 300 g/mol. The highest BCUT2D eigenvalue weighted by molar-refractivity contribution is 6.09. The molecule has 1 heterocycles. The van der Waals surface area contributed by atoms with Gasteiger partial charge in [-0.3, -0.25) is 4.79 Å². The molecule has 2 aromatic carbocycles. The van der Waals surface area contributed by atoms with Crippen molar-refractivity contribution in [1.29, 1.82) is 0 Å². The second-order valence-corrected chi connectivity index (χ2v) is 4.67. The van der Waals surface area contributed by atoms with E-state index in [0.29, 0.717) is 22.6 Å². The number of carbonyl (C=O) groups excluding carboxylic acids is 1. The summed E-state index contributed by atoms with van der Waals surface area (Å²) in [6.45, 7) is 0. The predicted molar refractivity (Wildman–Crippen MR) is 79.2 cm³/mol. The molecule has 0 unspecified atom stereocenters. The van der Waals surface area contributed by atoms with Crippen LogP contribution in [0.4, 0.5) is 4.39 Å². The molecule has 5 heteroatoms. The van der Waals surface area contributed by atoms with Crippen LogP contribution in [0.25, 0.3) is 11.0 Å². The van der Waals surface area contributed by atoms with Gasteiger partial charge in [-0.25, -0.2) is 4.39 Å². The normalized spacial score (nSPS) is 10.7. The summed E-state index contributed by atoms with van der Waals surface area (Å²) < 4.78 is 29.1. The van der Waals surface area contributed by atoms with E-state index in [1.54, 1.807) is 18.2 Å². The Kier molecular flexibility index (Phi) is 3.55. The van der Waals surface area contributed by atoms with Crippen molar-refractivity contribution in [2.45, 2.75) is 0 Å². The van der Waals surface area contributed by atoms with E-state index in [9.17, 15) is 9.18 Å². The van der Waals surface area contributed by atoms with Crippen molar-refractivity contribution in [3.05, 3.63) is 59.6 Å². The van der Waals surface area contributed by atoms with Gasteiger partial charge in [0.05, 0.1) is 14.2 Å². The van der Waals surface area contributed by atoms with Crippen molar-refractivity contribution in [3.8, 4) is 11.5 Å². The highest BCUT2D eigenvalue weighted by Crippen LogP contribution is 2.37. The zero-order valence-corrected chi connectivity index (χ0v) is 12.1. The molecule has 0 spiro atoms. The smallest absolute Gasteiger partial charge is 0.228 e. The minimum atomic E-state index is -0.396. The van der Waals surface area contributed by atoms with E-state index >= 15 is 0 Å². The van der Waals surface area contributed by atoms with Gasteiger partial charge >= 0.3 is 0 Å². The van der Waals surface area contributed by atoms with Crippen LogP contribution in [-0.2, 0) is 0 Å². The fourth-order valence-electron chi connectivity index (χ4n) is 2.27. The van der Waals surface area contributed by atoms with Crippen LogP contribution in [0.1, 0.15) is 16.1 Å². The van der Waals surface area contributed by atoms with Gasteiger partial charge < -0.3 is 13.9 Å². The standard InChI is InChI=1S/C17H13FO4/c1-20-13-8-5-11-9-14(22-16(11)17(13)21-2)15(19)10-3-6-12(18)7-4-10/h3-9H,1-2H3. The number of furan rings is 1. The topological polar surface area (TPSA) is 48.7 Å². The van der Waals surface area contributed by atoms with E-state index in [4.69, 9.17) is 13.9 Å². The van der Waals surface area contributed by atoms with Crippen LogP contribution in [0.3, 0.4) is 0 Å². The molecule has 3 rings (SSSR count). The first-order valence-electron chi connectivity index (χ1n) is 6.59. The second kappa shape index (κ2) is 5.52. The molecule has 0 aliphatic carbocycles. The summed E-state index contributed by atoms with van der Waals surface area (Å²) in [5.74, 6) is 0.390. The van der Waals surface area contributed by atoms with Crippen LogP contribution in [0.15, 0.2) is 46.9 Å². The van der Waals surface area contributed by atoms with E-state index in [-0.39, 0.29) is 11.5 Å². The third-order valence-corrected chi connectivity index (χ3v) is 3.36. The number of hydrogen-bond donors (Lipinski definition) is 0. The summed E-state index contributed by atoms with van der Waals surface area (Å²) in [5, 5.41) is 0.725. The Morgan fingerprint density at radius 2 is 1.77 bits per heavy atom. The number of fused-ring (bicyclic) bond motifs is 1. The van der Waals surface area contributed by atoms with Gasteiger partial charge in [0, 0.05) is 10.9 Å². The van der Waals surface area contributed by atoms with E-state index in [1.165, 1.54) is 38.5 Å². The Morgan fingerprint density at radius 3 is 2.41 bits per heavy atom. The summed E-state index contributed by atoms with van der Waals surface area (Å²) in [6, 6.07) is 10.5. The molecule has 1 aromatic heterocycles. The van der Waals surface area contributed by atoms with Gasteiger partial charge in [0.1, 0.15) is 5.82 Å². The molecule has 0 N–H and O–H groups in total. The van der Waals surface area contributed by atoms with E-state index in [2.05, 4.69) is 0 Å². The fourth-order valence-corrected chi connectivity index (χ4v) is 2.27.